The lowest BCUT2D eigenvalue weighted by molar-refractivity contribution is -0.122. The van der Waals surface area contributed by atoms with Crippen molar-refractivity contribution in [2.45, 2.75) is 40.2 Å². The molecule has 0 aromatic carbocycles. The van der Waals surface area contributed by atoms with Crippen molar-refractivity contribution in [1.29, 1.82) is 0 Å². The third-order valence-electron chi connectivity index (χ3n) is 2.81. The first-order chi connectivity index (χ1) is 5.52. The molecule has 0 saturated carbocycles. The summed E-state index contributed by atoms with van der Waals surface area (Å²) in [5, 5.41) is 2.98. The zero-order valence-electron chi connectivity index (χ0n) is 8.42. The Morgan fingerprint density at radius 1 is 1.42 bits per heavy atom. The Morgan fingerprint density at radius 3 is 2.33 bits per heavy atom. The van der Waals surface area contributed by atoms with Crippen LogP contribution in [0, 0.1) is 17.8 Å². The van der Waals surface area contributed by atoms with E-state index < -0.39 is 0 Å². The van der Waals surface area contributed by atoms with Gasteiger partial charge in [0.2, 0.25) is 5.91 Å². The van der Waals surface area contributed by atoms with Gasteiger partial charge in [0.05, 0.1) is 0 Å². The summed E-state index contributed by atoms with van der Waals surface area (Å²) in [6.45, 7) is 8.56. The van der Waals surface area contributed by atoms with Crippen molar-refractivity contribution in [3.63, 3.8) is 0 Å². The van der Waals surface area contributed by atoms with E-state index in [0.29, 0.717) is 17.9 Å². The minimum Gasteiger partial charge on any atom is -0.353 e. The normalized spacial score (nSPS) is 35.8. The van der Waals surface area contributed by atoms with Gasteiger partial charge in [-0.1, -0.05) is 20.8 Å². The molecule has 0 radical (unpaired) electrons. The van der Waals surface area contributed by atoms with Crippen LogP contribution in [0.5, 0.6) is 0 Å². The van der Waals surface area contributed by atoms with Gasteiger partial charge in [-0.25, -0.2) is 0 Å². The molecule has 70 valence electrons. The van der Waals surface area contributed by atoms with Crippen LogP contribution in [0.1, 0.15) is 34.1 Å². The summed E-state index contributed by atoms with van der Waals surface area (Å²) in [7, 11) is 0. The van der Waals surface area contributed by atoms with Crippen molar-refractivity contribution in [3.05, 3.63) is 0 Å². The second-order valence-corrected chi connectivity index (χ2v) is 4.38. The first-order valence-corrected chi connectivity index (χ1v) is 4.82. The number of nitrogens with one attached hydrogen (secondary N) is 1. The van der Waals surface area contributed by atoms with Gasteiger partial charge in [-0.3, -0.25) is 4.79 Å². The summed E-state index contributed by atoms with van der Waals surface area (Å²) < 4.78 is 0. The standard InChI is InChI=1S/C10H19NO/c1-6(2)5-9-7(3)10(12)11-8(9)4/h6-9H,5H2,1-4H3,(H,11,12). The molecule has 0 aliphatic carbocycles. The largest absolute Gasteiger partial charge is 0.353 e. The van der Waals surface area contributed by atoms with Crippen LogP contribution in [0.25, 0.3) is 0 Å². The van der Waals surface area contributed by atoms with Crippen LogP contribution < -0.4 is 5.32 Å². The monoisotopic (exact) mass is 169 g/mol. The van der Waals surface area contributed by atoms with E-state index in [9.17, 15) is 4.79 Å². The molecule has 1 aliphatic heterocycles. The van der Waals surface area contributed by atoms with Crippen LogP contribution >= 0.6 is 0 Å². The molecular formula is C10H19NO. The van der Waals surface area contributed by atoms with Gasteiger partial charge < -0.3 is 5.32 Å². The fourth-order valence-electron chi connectivity index (χ4n) is 2.04. The van der Waals surface area contributed by atoms with Crippen LogP contribution in [0.15, 0.2) is 0 Å². The van der Waals surface area contributed by atoms with Gasteiger partial charge in [0.15, 0.2) is 0 Å². The topological polar surface area (TPSA) is 29.1 Å². The Labute approximate surface area is 74.7 Å². The molecule has 1 amide bonds. The van der Waals surface area contributed by atoms with Crippen LogP contribution in [0.2, 0.25) is 0 Å². The van der Waals surface area contributed by atoms with Gasteiger partial charge in [-0.05, 0) is 25.2 Å². The highest BCUT2D eigenvalue weighted by molar-refractivity contribution is 5.81. The maximum atomic E-state index is 11.3. The maximum absolute atomic E-state index is 11.3. The molecule has 2 heteroatoms. The van der Waals surface area contributed by atoms with E-state index in [2.05, 4.69) is 26.1 Å². The van der Waals surface area contributed by atoms with Crippen molar-refractivity contribution in [2.24, 2.45) is 17.8 Å². The molecule has 12 heavy (non-hydrogen) atoms. The zero-order chi connectivity index (χ0) is 9.30. The molecule has 1 heterocycles. The summed E-state index contributed by atoms with van der Waals surface area (Å²) in [5.74, 6) is 1.67. The summed E-state index contributed by atoms with van der Waals surface area (Å²) >= 11 is 0. The number of carbonyl (C=O) groups is 1. The Morgan fingerprint density at radius 2 is 2.00 bits per heavy atom. The maximum Gasteiger partial charge on any atom is 0.223 e. The van der Waals surface area contributed by atoms with E-state index in [0.717, 1.165) is 6.42 Å². The number of carbonyl (C=O) groups excluding carboxylic acids is 1. The van der Waals surface area contributed by atoms with Gasteiger partial charge in [-0.15, -0.1) is 0 Å². The highest BCUT2D eigenvalue weighted by Crippen LogP contribution is 2.28. The number of hydrogen-bond acceptors (Lipinski definition) is 1. The Kier molecular flexibility index (Phi) is 2.76. The molecule has 2 nitrogen and oxygen atoms in total. The molecule has 3 unspecified atom stereocenters. The van der Waals surface area contributed by atoms with Gasteiger partial charge in [0.25, 0.3) is 0 Å². The fourth-order valence-corrected chi connectivity index (χ4v) is 2.04. The third-order valence-corrected chi connectivity index (χ3v) is 2.81. The van der Waals surface area contributed by atoms with E-state index in [-0.39, 0.29) is 11.8 Å². The van der Waals surface area contributed by atoms with E-state index in [1.807, 2.05) is 6.92 Å². The second-order valence-electron chi connectivity index (χ2n) is 4.38. The van der Waals surface area contributed by atoms with Crippen LogP contribution in [-0.2, 0) is 4.79 Å². The van der Waals surface area contributed by atoms with Gasteiger partial charge >= 0.3 is 0 Å². The average molecular weight is 169 g/mol. The molecule has 1 rings (SSSR count). The fraction of sp³-hybridized carbons (Fsp3) is 0.900. The number of rotatable bonds is 2. The Balaban J connectivity index is 2.57. The molecule has 0 aromatic rings. The lowest BCUT2D eigenvalue weighted by Crippen LogP contribution is -2.25. The minimum atomic E-state index is 0.211. The summed E-state index contributed by atoms with van der Waals surface area (Å²) in [6.07, 6.45) is 1.15. The third kappa shape index (κ3) is 1.79. The zero-order valence-corrected chi connectivity index (χ0v) is 8.42. The summed E-state index contributed by atoms with van der Waals surface area (Å²) in [5.41, 5.74) is 0. The highest BCUT2D eigenvalue weighted by Gasteiger charge is 2.36. The van der Waals surface area contributed by atoms with Crippen LogP contribution in [0.4, 0.5) is 0 Å². The van der Waals surface area contributed by atoms with Crippen LogP contribution in [-0.4, -0.2) is 11.9 Å². The van der Waals surface area contributed by atoms with Crippen molar-refractivity contribution in [3.8, 4) is 0 Å². The molecular weight excluding hydrogens is 150 g/mol. The Bertz CT molecular complexity index is 177. The summed E-state index contributed by atoms with van der Waals surface area (Å²) in [6, 6.07) is 0.370. The molecule has 1 saturated heterocycles. The second kappa shape index (κ2) is 3.46. The van der Waals surface area contributed by atoms with Crippen molar-refractivity contribution >= 4 is 5.91 Å². The minimum absolute atomic E-state index is 0.211. The van der Waals surface area contributed by atoms with E-state index in [1.54, 1.807) is 0 Å². The molecule has 0 bridgehead atoms. The van der Waals surface area contributed by atoms with Gasteiger partial charge in [0, 0.05) is 12.0 Å². The SMILES string of the molecule is CC(C)CC1C(C)NC(=O)C1C. The van der Waals surface area contributed by atoms with Crippen LogP contribution in [0.3, 0.4) is 0 Å². The smallest absolute Gasteiger partial charge is 0.223 e. The van der Waals surface area contributed by atoms with Gasteiger partial charge in [0.1, 0.15) is 0 Å². The molecule has 3 atom stereocenters. The first kappa shape index (κ1) is 9.56. The van der Waals surface area contributed by atoms with E-state index in [1.165, 1.54) is 0 Å². The van der Waals surface area contributed by atoms with Crippen molar-refractivity contribution in [1.82, 2.24) is 5.32 Å². The molecule has 0 spiro atoms. The predicted molar refractivity (Wildman–Crippen MR) is 49.7 cm³/mol. The molecule has 1 aliphatic rings. The summed E-state index contributed by atoms with van der Waals surface area (Å²) in [4.78, 5) is 11.3. The Hall–Kier alpha value is -0.530. The number of hydrogen-bond donors (Lipinski definition) is 1. The quantitative estimate of drug-likeness (QED) is 0.671. The molecule has 1 fully saturated rings. The molecule has 1 N–H and O–H groups in total. The van der Waals surface area contributed by atoms with E-state index >= 15 is 0 Å². The lowest BCUT2D eigenvalue weighted by Gasteiger charge is -2.19. The van der Waals surface area contributed by atoms with E-state index in [4.69, 9.17) is 0 Å². The van der Waals surface area contributed by atoms with Crippen molar-refractivity contribution < 1.29 is 4.79 Å². The first-order valence-electron chi connectivity index (χ1n) is 4.82. The number of amides is 1. The lowest BCUT2D eigenvalue weighted by atomic mass is 9.85. The van der Waals surface area contributed by atoms with Gasteiger partial charge in [-0.2, -0.15) is 0 Å². The average Bonchev–Trinajstić information content (AvgIpc) is 2.16. The van der Waals surface area contributed by atoms with Crippen molar-refractivity contribution in [2.75, 3.05) is 0 Å². The highest BCUT2D eigenvalue weighted by atomic mass is 16.2. The predicted octanol–water partition coefficient (Wildman–Crippen LogP) is 1.80. The molecule has 0 aromatic heterocycles.